The predicted molar refractivity (Wildman–Crippen MR) is 90.2 cm³/mol. The maximum Gasteiger partial charge on any atom is 0.0784 e. The van der Waals surface area contributed by atoms with Gasteiger partial charge in [-0.2, -0.15) is 0 Å². The minimum atomic E-state index is 0.156. The van der Waals surface area contributed by atoms with Crippen molar-refractivity contribution in [3.05, 3.63) is 0 Å². The van der Waals surface area contributed by atoms with E-state index in [1.165, 1.54) is 6.42 Å². The van der Waals surface area contributed by atoms with Gasteiger partial charge in [-0.15, -0.1) is 0 Å². The molecule has 1 aliphatic carbocycles. The van der Waals surface area contributed by atoms with Gasteiger partial charge in [-0.25, -0.2) is 5.01 Å². The predicted octanol–water partition coefficient (Wildman–Crippen LogP) is -0.112. The molecule has 3 aliphatic heterocycles. The molecular weight excluding hydrogens is 308 g/mol. The van der Waals surface area contributed by atoms with Crippen LogP contribution < -0.4 is 16.3 Å². The molecule has 24 heavy (non-hydrogen) atoms. The Morgan fingerprint density at radius 3 is 2.92 bits per heavy atom. The first-order valence-electron chi connectivity index (χ1n) is 9.60. The zero-order valence-corrected chi connectivity index (χ0v) is 14.7. The SMILES string of the molecule is C[C@@H]1COCCOCCN2CC(CN2)C2NNC3CCC(CC32)O1. The van der Waals surface area contributed by atoms with E-state index in [2.05, 4.69) is 28.2 Å². The van der Waals surface area contributed by atoms with Crippen molar-refractivity contribution in [3.63, 3.8) is 0 Å². The van der Waals surface area contributed by atoms with E-state index < -0.39 is 0 Å². The number of rotatable bonds is 0. The third-order valence-corrected chi connectivity index (χ3v) is 5.94. The van der Waals surface area contributed by atoms with Gasteiger partial charge in [-0.3, -0.25) is 16.3 Å². The molecule has 3 saturated heterocycles. The molecule has 0 aromatic rings. The number of nitrogens with zero attached hydrogens (tertiary/aromatic N) is 1. The van der Waals surface area contributed by atoms with Crippen LogP contribution in [-0.2, 0) is 14.2 Å². The van der Waals surface area contributed by atoms with Gasteiger partial charge in [-0.1, -0.05) is 0 Å². The second-order valence-electron chi connectivity index (χ2n) is 7.72. The van der Waals surface area contributed by atoms with E-state index in [9.17, 15) is 0 Å². The molecule has 0 spiro atoms. The number of hydrazine groups is 2. The molecule has 4 fully saturated rings. The topological polar surface area (TPSA) is 67.0 Å². The van der Waals surface area contributed by atoms with Crippen molar-refractivity contribution >= 4 is 0 Å². The van der Waals surface area contributed by atoms with Crippen molar-refractivity contribution in [3.8, 4) is 0 Å². The van der Waals surface area contributed by atoms with E-state index in [-0.39, 0.29) is 6.10 Å². The summed E-state index contributed by atoms with van der Waals surface area (Å²) in [6.45, 7) is 7.91. The molecule has 3 N–H and O–H groups in total. The molecule has 0 aromatic heterocycles. The molecular formula is C17H32N4O3. The summed E-state index contributed by atoms with van der Waals surface area (Å²) >= 11 is 0. The molecule has 1 saturated carbocycles. The fraction of sp³-hybridized carbons (Fsp3) is 1.00. The van der Waals surface area contributed by atoms with E-state index in [0.29, 0.717) is 49.8 Å². The highest BCUT2D eigenvalue weighted by Gasteiger charge is 2.45. The summed E-state index contributed by atoms with van der Waals surface area (Å²) in [5.41, 5.74) is 10.7. The van der Waals surface area contributed by atoms with Crippen molar-refractivity contribution in [2.24, 2.45) is 11.8 Å². The summed E-state index contributed by atoms with van der Waals surface area (Å²) in [7, 11) is 0. The Bertz CT molecular complexity index is 413. The zero-order valence-electron chi connectivity index (χ0n) is 14.7. The lowest BCUT2D eigenvalue weighted by Crippen LogP contribution is -2.43. The molecule has 7 atom stereocenters. The van der Waals surface area contributed by atoms with Gasteiger partial charge in [0, 0.05) is 37.6 Å². The zero-order chi connectivity index (χ0) is 16.4. The summed E-state index contributed by atoms with van der Waals surface area (Å²) in [5.74, 6) is 1.30. The average Bonchev–Trinajstić information content (AvgIpc) is 3.19. The third kappa shape index (κ3) is 3.93. The van der Waals surface area contributed by atoms with Crippen molar-refractivity contribution in [2.45, 2.75) is 50.5 Å². The van der Waals surface area contributed by atoms with Crippen LogP contribution in [-0.4, -0.2) is 75.4 Å². The summed E-state index contributed by atoms with van der Waals surface area (Å²) in [6.07, 6.45) is 4.02. The average molecular weight is 340 g/mol. The molecule has 7 heteroatoms. The highest BCUT2D eigenvalue weighted by atomic mass is 16.6. The van der Waals surface area contributed by atoms with Gasteiger partial charge in [0.05, 0.1) is 38.6 Å². The van der Waals surface area contributed by atoms with Crippen LogP contribution in [0.3, 0.4) is 0 Å². The monoisotopic (exact) mass is 340 g/mol. The van der Waals surface area contributed by atoms with Gasteiger partial charge in [0.2, 0.25) is 0 Å². The lowest BCUT2D eigenvalue weighted by atomic mass is 9.76. The number of hydrogen-bond acceptors (Lipinski definition) is 7. The number of fused-ring (bicyclic) bond motifs is 4. The summed E-state index contributed by atoms with van der Waals surface area (Å²) in [6, 6.07) is 1.12. The molecule has 0 radical (unpaired) electrons. The van der Waals surface area contributed by atoms with Crippen molar-refractivity contribution < 1.29 is 14.2 Å². The first-order chi connectivity index (χ1) is 11.8. The lowest BCUT2D eigenvalue weighted by Gasteiger charge is -2.35. The standard InChI is InChI=1S/C17H32N4O3/c1-12-11-23-7-6-22-5-4-21-10-13(9-18-21)17-15-8-14(24-12)2-3-16(15)19-20-17/h12-20H,2-11H2,1H3/t12-,13?,14?,15?,16?,17?/m1/s1. The fourth-order valence-corrected chi connectivity index (χ4v) is 4.72. The summed E-state index contributed by atoms with van der Waals surface area (Å²) in [4.78, 5) is 0. The lowest BCUT2D eigenvalue weighted by molar-refractivity contribution is -0.0761. The van der Waals surface area contributed by atoms with E-state index in [1.54, 1.807) is 0 Å². The van der Waals surface area contributed by atoms with Crippen LogP contribution in [0.5, 0.6) is 0 Å². The Kier molecular flexibility index (Phi) is 5.68. The third-order valence-electron chi connectivity index (χ3n) is 5.94. The minimum absolute atomic E-state index is 0.156. The van der Waals surface area contributed by atoms with Gasteiger partial charge in [0.25, 0.3) is 0 Å². The minimum Gasteiger partial charge on any atom is -0.378 e. The Balaban J connectivity index is 1.42. The summed E-state index contributed by atoms with van der Waals surface area (Å²) < 4.78 is 17.7. The van der Waals surface area contributed by atoms with Crippen LogP contribution in [0.1, 0.15) is 26.2 Å². The second kappa shape index (κ2) is 7.95. The largest absolute Gasteiger partial charge is 0.378 e. The maximum absolute atomic E-state index is 6.28. The van der Waals surface area contributed by atoms with Crippen LogP contribution in [0.2, 0.25) is 0 Å². The van der Waals surface area contributed by atoms with Gasteiger partial charge in [0.15, 0.2) is 0 Å². The maximum atomic E-state index is 6.28. The Labute approximate surface area is 144 Å². The molecule has 0 aromatic carbocycles. The van der Waals surface area contributed by atoms with Crippen LogP contribution >= 0.6 is 0 Å². The van der Waals surface area contributed by atoms with E-state index in [0.717, 1.165) is 39.1 Å². The molecule has 6 unspecified atom stereocenters. The molecule has 4 rings (SSSR count). The quantitative estimate of drug-likeness (QED) is 0.568. The van der Waals surface area contributed by atoms with Crippen molar-refractivity contribution in [2.75, 3.05) is 46.1 Å². The van der Waals surface area contributed by atoms with E-state index in [1.807, 2.05) is 0 Å². The molecule has 3 heterocycles. The van der Waals surface area contributed by atoms with Gasteiger partial charge in [0.1, 0.15) is 0 Å². The van der Waals surface area contributed by atoms with E-state index in [4.69, 9.17) is 14.2 Å². The molecule has 4 aliphatic rings. The fourth-order valence-electron chi connectivity index (χ4n) is 4.72. The molecule has 4 bridgehead atoms. The highest BCUT2D eigenvalue weighted by Crippen LogP contribution is 2.35. The molecule has 7 nitrogen and oxygen atoms in total. The molecule has 0 amide bonds. The number of ether oxygens (including phenoxy) is 3. The van der Waals surface area contributed by atoms with Crippen molar-refractivity contribution in [1.29, 1.82) is 0 Å². The van der Waals surface area contributed by atoms with Crippen LogP contribution in [0.25, 0.3) is 0 Å². The van der Waals surface area contributed by atoms with Gasteiger partial charge >= 0.3 is 0 Å². The Morgan fingerprint density at radius 1 is 1.04 bits per heavy atom. The number of nitrogens with one attached hydrogen (secondary N) is 3. The van der Waals surface area contributed by atoms with Gasteiger partial charge < -0.3 is 14.2 Å². The highest BCUT2D eigenvalue weighted by molar-refractivity contribution is 5.00. The second-order valence-corrected chi connectivity index (χ2v) is 7.72. The van der Waals surface area contributed by atoms with Crippen LogP contribution in [0.4, 0.5) is 0 Å². The molecule has 138 valence electrons. The van der Waals surface area contributed by atoms with Crippen LogP contribution in [0, 0.1) is 11.8 Å². The normalized spacial score (nSPS) is 47.6. The smallest absolute Gasteiger partial charge is 0.0784 e. The first kappa shape index (κ1) is 17.1. The Hall–Kier alpha value is -0.280. The first-order valence-corrected chi connectivity index (χ1v) is 9.60. The van der Waals surface area contributed by atoms with Crippen LogP contribution in [0.15, 0.2) is 0 Å². The van der Waals surface area contributed by atoms with Crippen molar-refractivity contribution in [1.82, 2.24) is 21.3 Å². The summed E-state index contributed by atoms with van der Waals surface area (Å²) in [5, 5.41) is 2.31. The van der Waals surface area contributed by atoms with E-state index >= 15 is 0 Å². The Morgan fingerprint density at radius 2 is 1.96 bits per heavy atom. The van der Waals surface area contributed by atoms with Gasteiger partial charge in [-0.05, 0) is 32.1 Å². The number of hydrogen-bond donors (Lipinski definition) is 3.